The number of amides is 1. The molecule has 2 aliphatic rings. The summed E-state index contributed by atoms with van der Waals surface area (Å²) in [5.41, 5.74) is 11.3. The van der Waals surface area contributed by atoms with E-state index < -0.39 is 0 Å². The Bertz CT molecular complexity index is 783. The normalized spacial score (nSPS) is 25.0. The first-order valence-corrected chi connectivity index (χ1v) is 8.35. The van der Waals surface area contributed by atoms with Crippen LogP contribution in [0.25, 0.3) is 0 Å². The first-order chi connectivity index (χ1) is 11.1. The summed E-state index contributed by atoms with van der Waals surface area (Å²) in [4.78, 5) is 12.8. The fourth-order valence-corrected chi connectivity index (χ4v) is 4.17. The number of nitrogens with one attached hydrogen (secondary N) is 1. The summed E-state index contributed by atoms with van der Waals surface area (Å²) < 4.78 is 0. The second-order valence-electron chi connectivity index (χ2n) is 6.99. The number of benzene rings is 2. The number of anilines is 2. The van der Waals surface area contributed by atoms with Crippen LogP contribution < -0.4 is 11.1 Å². The van der Waals surface area contributed by atoms with Crippen molar-refractivity contribution in [3.8, 4) is 0 Å². The van der Waals surface area contributed by atoms with E-state index in [0.29, 0.717) is 5.69 Å². The van der Waals surface area contributed by atoms with Gasteiger partial charge in [0.15, 0.2) is 0 Å². The Kier molecular flexibility index (Phi) is 3.19. The van der Waals surface area contributed by atoms with E-state index in [2.05, 4.69) is 29.6 Å². The molecule has 3 N–H and O–H groups in total. The summed E-state index contributed by atoms with van der Waals surface area (Å²) in [6.07, 6.45) is 4.41. The highest BCUT2D eigenvalue weighted by molar-refractivity contribution is 5.97. The van der Waals surface area contributed by atoms with E-state index in [-0.39, 0.29) is 17.2 Å². The van der Waals surface area contributed by atoms with Gasteiger partial charge in [0.1, 0.15) is 0 Å². The van der Waals surface area contributed by atoms with Gasteiger partial charge in [0.2, 0.25) is 5.91 Å². The lowest BCUT2D eigenvalue weighted by molar-refractivity contribution is -0.117. The minimum atomic E-state index is 0.0765. The lowest BCUT2D eigenvalue weighted by Gasteiger charge is -2.26. The molecule has 3 heteroatoms. The molecule has 0 aromatic heterocycles. The smallest absolute Gasteiger partial charge is 0.228 e. The molecule has 3 nitrogen and oxygen atoms in total. The lowest BCUT2D eigenvalue weighted by Crippen LogP contribution is -2.25. The van der Waals surface area contributed by atoms with Crippen LogP contribution in [-0.2, 0) is 16.6 Å². The Labute approximate surface area is 136 Å². The highest BCUT2D eigenvalue weighted by Gasteiger charge is 2.60. The molecule has 1 fully saturated rings. The van der Waals surface area contributed by atoms with Crippen molar-refractivity contribution >= 4 is 17.3 Å². The summed E-state index contributed by atoms with van der Waals surface area (Å²) in [6.45, 7) is 1.99. The average Bonchev–Trinajstić information content (AvgIpc) is 3.26. The van der Waals surface area contributed by atoms with Gasteiger partial charge in [0.05, 0.1) is 0 Å². The predicted octanol–water partition coefficient (Wildman–Crippen LogP) is 3.81. The second-order valence-corrected chi connectivity index (χ2v) is 6.99. The molecular weight excluding hydrogens is 284 g/mol. The number of nitrogen functional groups attached to an aromatic ring is 1. The SMILES string of the molecule is Cc1ccc(N)cc1NC(=O)[C@@H]1C[C@]12CCCc1ccccc12. The molecule has 2 atom stereocenters. The summed E-state index contributed by atoms with van der Waals surface area (Å²) in [5.74, 6) is 0.222. The van der Waals surface area contributed by atoms with Crippen molar-refractivity contribution < 1.29 is 4.79 Å². The maximum absolute atomic E-state index is 12.8. The molecule has 1 saturated carbocycles. The van der Waals surface area contributed by atoms with E-state index in [1.807, 2.05) is 25.1 Å². The summed E-state index contributed by atoms with van der Waals surface area (Å²) >= 11 is 0. The van der Waals surface area contributed by atoms with Crippen molar-refractivity contribution in [3.63, 3.8) is 0 Å². The zero-order chi connectivity index (χ0) is 16.0. The van der Waals surface area contributed by atoms with E-state index in [1.54, 1.807) is 0 Å². The number of carbonyl (C=O) groups excluding carboxylic acids is 1. The van der Waals surface area contributed by atoms with Crippen LogP contribution in [0, 0.1) is 12.8 Å². The molecule has 2 aromatic rings. The van der Waals surface area contributed by atoms with E-state index >= 15 is 0 Å². The third kappa shape index (κ3) is 2.31. The van der Waals surface area contributed by atoms with Gasteiger partial charge in [-0.15, -0.1) is 0 Å². The van der Waals surface area contributed by atoms with Crippen LogP contribution >= 0.6 is 0 Å². The van der Waals surface area contributed by atoms with Crippen LogP contribution in [0.2, 0.25) is 0 Å². The van der Waals surface area contributed by atoms with Gasteiger partial charge in [-0.1, -0.05) is 30.3 Å². The number of rotatable bonds is 2. The topological polar surface area (TPSA) is 55.1 Å². The summed E-state index contributed by atoms with van der Waals surface area (Å²) in [5, 5.41) is 3.10. The van der Waals surface area contributed by atoms with Gasteiger partial charge >= 0.3 is 0 Å². The Morgan fingerprint density at radius 1 is 1.26 bits per heavy atom. The van der Waals surface area contributed by atoms with Gasteiger partial charge in [-0.25, -0.2) is 0 Å². The highest BCUT2D eigenvalue weighted by atomic mass is 16.2. The molecule has 0 bridgehead atoms. The van der Waals surface area contributed by atoms with Crippen molar-refractivity contribution in [2.45, 2.75) is 38.0 Å². The molecule has 0 unspecified atom stereocenters. The number of aryl methyl sites for hydroxylation is 2. The molecule has 0 aliphatic heterocycles. The standard InChI is InChI=1S/C20H22N2O/c1-13-8-9-15(21)11-18(13)22-19(23)17-12-20(17)10-4-6-14-5-2-3-7-16(14)20/h2-3,5,7-9,11,17H,4,6,10,12,21H2,1H3,(H,22,23)/t17-,20-/m0/s1. The van der Waals surface area contributed by atoms with E-state index in [1.165, 1.54) is 17.5 Å². The molecule has 1 amide bonds. The second kappa shape index (κ2) is 5.12. The largest absolute Gasteiger partial charge is 0.399 e. The monoisotopic (exact) mass is 306 g/mol. The van der Waals surface area contributed by atoms with Crippen molar-refractivity contribution in [2.75, 3.05) is 11.1 Å². The van der Waals surface area contributed by atoms with Gasteiger partial charge in [0.25, 0.3) is 0 Å². The number of nitrogens with two attached hydrogens (primary N) is 1. The van der Waals surface area contributed by atoms with E-state index in [0.717, 1.165) is 30.5 Å². The Morgan fingerprint density at radius 3 is 2.96 bits per heavy atom. The molecular formula is C20H22N2O. The third-order valence-electron chi connectivity index (χ3n) is 5.53. The molecule has 118 valence electrons. The van der Waals surface area contributed by atoms with Gasteiger partial charge in [-0.2, -0.15) is 0 Å². The molecule has 0 saturated heterocycles. The third-order valence-corrected chi connectivity index (χ3v) is 5.53. The quantitative estimate of drug-likeness (QED) is 0.829. The number of carbonyl (C=O) groups is 1. The fourth-order valence-electron chi connectivity index (χ4n) is 4.17. The van der Waals surface area contributed by atoms with Crippen molar-refractivity contribution in [1.82, 2.24) is 0 Å². The van der Waals surface area contributed by atoms with Gasteiger partial charge in [-0.05, 0) is 61.4 Å². The average molecular weight is 306 g/mol. The van der Waals surface area contributed by atoms with Crippen LogP contribution in [0.4, 0.5) is 11.4 Å². The van der Waals surface area contributed by atoms with Crippen molar-refractivity contribution in [3.05, 3.63) is 59.2 Å². The van der Waals surface area contributed by atoms with Crippen molar-refractivity contribution in [1.29, 1.82) is 0 Å². The lowest BCUT2D eigenvalue weighted by atomic mass is 9.78. The maximum atomic E-state index is 12.8. The first-order valence-electron chi connectivity index (χ1n) is 8.35. The molecule has 0 heterocycles. The van der Waals surface area contributed by atoms with Crippen molar-refractivity contribution in [2.24, 2.45) is 5.92 Å². The zero-order valence-electron chi connectivity index (χ0n) is 13.4. The Hall–Kier alpha value is -2.29. The fraction of sp³-hybridized carbons (Fsp3) is 0.350. The molecule has 0 radical (unpaired) electrons. The van der Waals surface area contributed by atoms with E-state index in [9.17, 15) is 4.79 Å². The Morgan fingerprint density at radius 2 is 2.09 bits per heavy atom. The minimum Gasteiger partial charge on any atom is -0.399 e. The predicted molar refractivity (Wildman–Crippen MR) is 93.4 cm³/mol. The summed E-state index contributed by atoms with van der Waals surface area (Å²) in [7, 11) is 0. The van der Waals surface area contributed by atoms with Crippen LogP contribution in [0.5, 0.6) is 0 Å². The van der Waals surface area contributed by atoms with Crippen LogP contribution in [-0.4, -0.2) is 5.91 Å². The molecule has 2 aliphatic carbocycles. The summed E-state index contributed by atoms with van der Waals surface area (Å²) in [6, 6.07) is 14.3. The molecule has 1 spiro atoms. The Balaban J connectivity index is 1.58. The van der Waals surface area contributed by atoms with Gasteiger partial charge in [0, 0.05) is 22.7 Å². The van der Waals surface area contributed by atoms with E-state index in [4.69, 9.17) is 5.73 Å². The molecule has 4 rings (SSSR count). The maximum Gasteiger partial charge on any atom is 0.228 e. The highest BCUT2D eigenvalue weighted by Crippen LogP contribution is 2.60. The number of hydrogen-bond acceptors (Lipinski definition) is 2. The van der Waals surface area contributed by atoms with Crippen LogP contribution in [0.1, 0.15) is 36.0 Å². The minimum absolute atomic E-state index is 0.0765. The first kappa shape index (κ1) is 14.3. The number of fused-ring (bicyclic) bond motifs is 2. The zero-order valence-corrected chi connectivity index (χ0v) is 13.4. The van der Waals surface area contributed by atoms with Gasteiger partial charge in [-0.3, -0.25) is 4.79 Å². The van der Waals surface area contributed by atoms with Crippen LogP contribution in [0.15, 0.2) is 42.5 Å². The van der Waals surface area contributed by atoms with Gasteiger partial charge < -0.3 is 11.1 Å². The molecule has 23 heavy (non-hydrogen) atoms. The molecule has 2 aromatic carbocycles. The van der Waals surface area contributed by atoms with Crippen LogP contribution in [0.3, 0.4) is 0 Å². The number of hydrogen-bond donors (Lipinski definition) is 2.